The number of hydrazine groups is 1. The summed E-state index contributed by atoms with van der Waals surface area (Å²) in [6.45, 7) is 8.83. The summed E-state index contributed by atoms with van der Waals surface area (Å²) >= 11 is 0. The van der Waals surface area contributed by atoms with Crippen molar-refractivity contribution in [1.29, 1.82) is 0 Å². The summed E-state index contributed by atoms with van der Waals surface area (Å²) in [6.07, 6.45) is 3.98. The van der Waals surface area contributed by atoms with E-state index in [-0.39, 0.29) is 12.1 Å². The average molecular weight is 290 g/mol. The highest BCUT2D eigenvalue weighted by molar-refractivity contribution is 5.31. The highest BCUT2D eigenvalue weighted by Crippen LogP contribution is 2.40. The second kappa shape index (κ2) is 7.28. The van der Waals surface area contributed by atoms with Gasteiger partial charge < -0.3 is 4.74 Å². The Labute approximate surface area is 129 Å². The van der Waals surface area contributed by atoms with E-state index in [1.165, 1.54) is 24.8 Å². The Balaban J connectivity index is 2.13. The van der Waals surface area contributed by atoms with Crippen LogP contribution in [0.5, 0.6) is 5.75 Å². The number of nitrogens with two attached hydrogens (primary N) is 1. The zero-order valence-corrected chi connectivity index (χ0v) is 13.8. The fourth-order valence-electron chi connectivity index (χ4n) is 3.45. The molecule has 1 aliphatic carbocycles. The second-order valence-electron chi connectivity index (χ2n) is 6.91. The van der Waals surface area contributed by atoms with Gasteiger partial charge in [-0.15, -0.1) is 0 Å². The molecule has 0 aliphatic heterocycles. The summed E-state index contributed by atoms with van der Waals surface area (Å²) < 4.78 is 5.81. The van der Waals surface area contributed by atoms with Crippen molar-refractivity contribution in [2.75, 3.05) is 0 Å². The van der Waals surface area contributed by atoms with Gasteiger partial charge in [0, 0.05) is 6.04 Å². The number of hydrogen-bond donors (Lipinski definition) is 2. The molecule has 1 aromatic rings. The summed E-state index contributed by atoms with van der Waals surface area (Å²) in [5, 5.41) is 0. The lowest BCUT2D eigenvalue weighted by molar-refractivity contribution is 0.171. The van der Waals surface area contributed by atoms with Crippen LogP contribution in [0.4, 0.5) is 0 Å². The van der Waals surface area contributed by atoms with Crippen LogP contribution in [0.25, 0.3) is 0 Å². The highest BCUT2D eigenvalue weighted by atomic mass is 16.5. The van der Waals surface area contributed by atoms with E-state index in [1.54, 1.807) is 0 Å². The lowest BCUT2D eigenvalue weighted by Crippen LogP contribution is -2.36. The van der Waals surface area contributed by atoms with E-state index < -0.39 is 0 Å². The first-order valence-electron chi connectivity index (χ1n) is 8.24. The molecule has 0 aromatic heterocycles. The number of benzene rings is 1. The van der Waals surface area contributed by atoms with E-state index in [1.807, 2.05) is 6.07 Å². The topological polar surface area (TPSA) is 47.3 Å². The minimum absolute atomic E-state index is 0.195. The lowest BCUT2D eigenvalue weighted by atomic mass is 9.72. The van der Waals surface area contributed by atoms with Gasteiger partial charge in [0.25, 0.3) is 0 Å². The summed E-state index contributed by atoms with van der Waals surface area (Å²) in [4.78, 5) is 0. The van der Waals surface area contributed by atoms with Crippen molar-refractivity contribution in [3.63, 3.8) is 0 Å². The fourth-order valence-corrected chi connectivity index (χ4v) is 3.45. The Morgan fingerprint density at radius 3 is 2.57 bits per heavy atom. The summed E-state index contributed by atoms with van der Waals surface area (Å²) in [5.41, 5.74) is 4.29. The predicted octanol–water partition coefficient (Wildman–Crippen LogP) is 4.05. The van der Waals surface area contributed by atoms with Gasteiger partial charge in [0.1, 0.15) is 5.75 Å². The average Bonchev–Trinajstić information content (AvgIpc) is 2.43. The molecule has 0 heterocycles. The number of ether oxygens (including phenoxy) is 1. The molecule has 1 saturated carbocycles. The molecule has 21 heavy (non-hydrogen) atoms. The molecule has 1 fully saturated rings. The SMILES string of the molecule is CC(C)Oc1cccc(C(NN)C2CCC(C)C(C)C2)c1. The third-order valence-electron chi connectivity index (χ3n) is 4.88. The van der Waals surface area contributed by atoms with Crippen molar-refractivity contribution in [3.05, 3.63) is 29.8 Å². The van der Waals surface area contributed by atoms with Gasteiger partial charge in [-0.25, -0.2) is 0 Å². The number of rotatable bonds is 5. The smallest absolute Gasteiger partial charge is 0.120 e. The van der Waals surface area contributed by atoms with Crippen molar-refractivity contribution in [3.8, 4) is 5.75 Å². The zero-order chi connectivity index (χ0) is 15.4. The monoisotopic (exact) mass is 290 g/mol. The standard InChI is InChI=1S/C18H30N2O/c1-12(2)21-17-7-5-6-15(11-17)18(20-19)16-9-8-13(3)14(4)10-16/h5-7,11-14,16,18,20H,8-10,19H2,1-4H3. The molecule has 3 nitrogen and oxygen atoms in total. The van der Waals surface area contributed by atoms with Crippen molar-refractivity contribution >= 4 is 0 Å². The van der Waals surface area contributed by atoms with Crippen molar-refractivity contribution in [2.24, 2.45) is 23.6 Å². The Bertz CT molecular complexity index is 447. The molecule has 4 unspecified atom stereocenters. The van der Waals surface area contributed by atoms with Crippen LogP contribution in [0.1, 0.15) is 58.6 Å². The van der Waals surface area contributed by atoms with E-state index in [0.29, 0.717) is 5.92 Å². The van der Waals surface area contributed by atoms with Gasteiger partial charge in [-0.3, -0.25) is 11.3 Å². The quantitative estimate of drug-likeness (QED) is 0.635. The van der Waals surface area contributed by atoms with Crippen LogP contribution in [0.15, 0.2) is 24.3 Å². The highest BCUT2D eigenvalue weighted by Gasteiger charge is 2.30. The maximum Gasteiger partial charge on any atom is 0.120 e. The molecule has 0 saturated heterocycles. The van der Waals surface area contributed by atoms with Crippen LogP contribution >= 0.6 is 0 Å². The van der Waals surface area contributed by atoms with Gasteiger partial charge in [-0.05, 0) is 62.1 Å². The van der Waals surface area contributed by atoms with Gasteiger partial charge >= 0.3 is 0 Å². The molecule has 4 atom stereocenters. The van der Waals surface area contributed by atoms with Gasteiger partial charge in [0.2, 0.25) is 0 Å². The van der Waals surface area contributed by atoms with Crippen LogP contribution < -0.4 is 16.0 Å². The molecular weight excluding hydrogens is 260 g/mol. The van der Waals surface area contributed by atoms with E-state index in [4.69, 9.17) is 10.6 Å². The van der Waals surface area contributed by atoms with Gasteiger partial charge in [0.05, 0.1) is 6.10 Å². The first-order chi connectivity index (χ1) is 10.0. The molecule has 118 valence electrons. The Morgan fingerprint density at radius 1 is 1.19 bits per heavy atom. The van der Waals surface area contributed by atoms with Crippen molar-refractivity contribution < 1.29 is 4.74 Å². The van der Waals surface area contributed by atoms with E-state index >= 15 is 0 Å². The van der Waals surface area contributed by atoms with Crippen LogP contribution in [-0.2, 0) is 0 Å². The maximum absolute atomic E-state index is 5.88. The molecular formula is C18H30N2O. The van der Waals surface area contributed by atoms with Crippen molar-refractivity contribution in [1.82, 2.24) is 5.43 Å². The van der Waals surface area contributed by atoms with Gasteiger partial charge in [-0.2, -0.15) is 0 Å². The van der Waals surface area contributed by atoms with E-state index in [9.17, 15) is 0 Å². The number of nitrogens with one attached hydrogen (secondary N) is 1. The molecule has 1 aliphatic rings. The Hall–Kier alpha value is -1.06. The van der Waals surface area contributed by atoms with Crippen LogP contribution in [0.2, 0.25) is 0 Å². The minimum Gasteiger partial charge on any atom is -0.491 e. The maximum atomic E-state index is 5.88. The molecule has 0 radical (unpaired) electrons. The predicted molar refractivity (Wildman–Crippen MR) is 87.9 cm³/mol. The largest absolute Gasteiger partial charge is 0.491 e. The number of hydrogen-bond acceptors (Lipinski definition) is 3. The molecule has 3 heteroatoms. The molecule has 3 N–H and O–H groups in total. The first kappa shape index (κ1) is 16.3. The molecule has 1 aromatic carbocycles. The lowest BCUT2D eigenvalue weighted by Gasteiger charge is -2.36. The van der Waals surface area contributed by atoms with Crippen LogP contribution in [-0.4, -0.2) is 6.10 Å². The molecule has 2 rings (SSSR count). The van der Waals surface area contributed by atoms with Crippen LogP contribution in [0, 0.1) is 17.8 Å². The zero-order valence-electron chi connectivity index (χ0n) is 13.8. The Kier molecular flexibility index (Phi) is 5.65. The molecule has 0 amide bonds. The second-order valence-corrected chi connectivity index (χ2v) is 6.91. The minimum atomic E-state index is 0.195. The van der Waals surface area contributed by atoms with Crippen LogP contribution in [0.3, 0.4) is 0 Å². The summed E-state index contributed by atoms with van der Waals surface area (Å²) in [7, 11) is 0. The fraction of sp³-hybridized carbons (Fsp3) is 0.667. The molecule has 0 bridgehead atoms. The molecule has 0 spiro atoms. The third-order valence-corrected chi connectivity index (χ3v) is 4.88. The normalized spacial score (nSPS) is 27.6. The van der Waals surface area contributed by atoms with Crippen molar-refractivity contribution in [2.45, 2.75) is 59.1 Å². The van der Waals surface area contributed by atoms with Gasteiger partial charge in [-0.1, -0.05) is 32.4 Å². The van der Waals surface area contributed by atoms with Gasteiger partial charge in [0.15, 0.2) is 0 Å². The first-order valence-corrected chi connectivity index (χ1v) is 8.24. The summed E-state index contributed by atoms with van der Waals surface area (Å²) in [5.74, 6) is 9.02. The summed E-state index contributed by atoms with van der Waals surface area (Å²) in [6, 6.07) is 8.58. The Morgan fingerprint density at radius 2 is 1.95 bits per heavy atom. The van der Waals surface area contributed by atoms with E-state index in [2.05, 4.69) is 51.3 Å². The van der Waals surface area contributed by atoms with E-state index in [0.717, 1.165) is 17.6 Å². The third kappa shape index (κ3) is 4.21.